The lowest BCUT2D eigenvalue weighted by molar-refractivity contribution is -0.133. The second-order valence-electron chi connectivity index (χ2n) is 4.22. The average Bonchev–Trinajstić information content (AvgIpc) is 2.41. The van der Waals surface area contributed by atoms with E-state index in [2.05, 4.69) is 5.10 Å². The van der Waals surface area contributed by atoms with Crippen molar-refractivity contribution in [3.8, 4) is 6.07 Å². The smallest absolute Gasteiger partial charge is 0.352 e. The van der Waals surface area contributed by atoms with Crippen LogP contribution in [0.25, 0.3) is 0 Å². The van der Waals surface area contributed by atoms with Crippen LogP contribution in [0.5, 0.6) is 0 Å². The molecule has 0 unspecified atom stereocenters. The van der Waals surface area contributed by atoms with Gasteiger partial charge in [0, 0.05) is 12.8 Å². The number of carboxylic acids is 1. The van der Waals surface area contributed by atoms with Crippen LogP contribution in [0.3, 0.4) is 0 Å². The molecular weight excluding hydrogens is 265 g/mol. The van der Waals surface area contributed by atoms with Crippen LogP contribution >= 0.6 is 0 Å². The first-order valence-corrected chi connectivity index (χ1v) is 5.81. The van der Waals surface area contributed by atoms with E-state index in [1.165, 1.54) is 6.07 Å². The number of carbonyl (C=O) groups is 2. The first kappa shape index (κ1) is 13.7. The van der Waals surface area contributed by atoms with Crippen molar-refractivity contribution in [1.82, 2.24) is 5.01 Å². The van der Waals surface area contributed by atoms with Gasteiger partial charge in [-0.3, -0.25) is 4.79 Å². The van der Waals surface area contributed by atoms with Gasteiger partial charge in [-0.1, -0.05) is 0 Å². The SMILES string of the molecule is N#Cc1ccc(F)cc1CN1N=C(C(=O)O)CCC1=O. The fourth-order valence-electron chi connectivity index (χ4n) is 1.84. The molecule has 1 N–H and O–H groups in total. The van der Waals surface area contributed by atoms with E-state index in [0.717, 1.165) is 17.1 Å². The van der Waals surface area contributed by atoms with Gasteiger partial charge < -0.3 is 5.11 Å². The topological polar surface area (TPSA) is 93.8 Å². The number of rotatable bonds is 3. The predicted octanol–water partition coefficient (Wildman–Crippen LogP) is 1.26. The molecule has 1 aromatic rings. The van der Waals surface area contributed by atoms with Crippen LogP contribution < -0.4 is 0 Å². The minimum Gasteiger partial charge on any atom is -0.477 e. The Balaban J connectivity index is 2.31. The molecule has 2 rings (SSSR count). The first-order valence-electron chi connectivity index (χ1n) is 5.81. The maximum atomic E-state index is 13.2. The molecule has 1 amide bonds. The van der Waals surface area contributed by atoms with Gasteiger partial charge in [0.15, 0.2) is 0 Å². The van der Waals surface area contributed by atoms with Gasteiger partial charge in [0.1, 0.15) is 11.5 Å². The Bertz CT molecular complexity index is 649. The van der Waals surface area contributed by atoms with Crippen LogP contribution in [0.4, 0.5) is 4.39 Å². The second kappa shape index (κ2) is 5.48. The summed E-state index contributed by atoms with van der Waals surface area (Å²) in [5.74, 6) is -2.09. The highest BCUT2D eigenvalue weighted by Gasteiger charge is 2.24. The van der Waals surface area contributed by atoms with Crippen molar-refractivity contribution >= 4 is 17.6 Å². The van der Waals surface area contributed by atoms with Crippen LogP contribution in [0.2, 0.25) is 0 Å². The van der Waals surface area contributed by atoms with Crippen molar-refractivity contribution in [1.29, 1.82) is 5.26 Å². The summed E-state index contributed by atoms with van der Waals surface area (Å²) in [5, 5.41) is 22.5. The fraction of sp³-hybridized carbons (Fsp3) is 0.231. The van der Waals surface area contributed by atoms with E-state index in [4.69, 9.17) is 10.4 Å². The van der Waals surface area contributed by atoms with Crippen molar-refractivity contribution in [2.75, 3.05) is 0 Å². The Morgan fingerprint density at radius 1 is 1.50 bits per heavy atom. The van der Waals surface area contributed by atoms with Crippen molar-refractivity contribution in [2.24, 2.45) is 5.10 Å². The molecule has 1 aliphatic rings. The zero-order chi connectivity index (χ0) is 14.7. The van der Waals surface area contributed by atoms with Crippen LogP contribution in [0, 0.1) is 17.1 Å². The van der Waals surface area contributed by atoms with Gasteiger partial charge in [0.05, 0.1) is 18.2 Å². The number of hydrogen-bond donors (Lipinski definition) is 1. The fourth-order valence-corrected chi connectivity index (χ4v) is 1.84. The highest BCUT2D eigenvalue weighted by Crippen LogP contribution is 2.17. The molecule has 0 aliphatic carbocycles. The molecule has 1 aromatic carbocycles. The molecule has 1 heterocycles. The lowest BCUT2D eigenvalue weighted by Gasteiger charge is -2.22. The van der Waals surface area contributed by atoms with Gasteiger partial charge in [-0.05, 0) is 23.8 Å². The Morgan fingerprint density at radius 3 is 2.90 bits per heavy atom. The molecule has 0 spiro atoms. The van der Waals surface area contributed by atoms with Gasteiger partial charge in [0.2, 0.25) is 5.91 Å². The largest absolute Gasteiger partial charge is 0.477 e. The van der Waals surface area contributed by atoms with E-state index in [0.29, 0.717) is 0 Å². The summed E-state index contributed by atoms with van der Waals surface area (Å²) in [6, 6.07) is 5.48. The van der Waals surface area contributed by atoms with Gasteiger partial charge in [-0.15, -0.1) is 0 Å². The standard InChI is InChI=1S/C13H10FN3O3/c14-10-2-1-8(6-15)9(5-10)7-17-12(18)4-3-11(16-17)13(19)20/h1-2,5H,3-4,7H2,(H,19,20). The normalized spacial score (nSPS) is 14.7. The van der Waals surface area contributed by atoms with E-state index in [-0.39, 0.29) is 42.1 Å². The van der Waals surface area contributed by atoms with Crippen LogP contribution in [0.1, 0.15) is 24.0 Å². The second-order valence-corrected chi connectivity index (χ2v) is 4.22. The zero-order valence-corrected chi connectivity index (χ0v) is 10.3. The third kappa shape index (κ3) is 2.80. The van der Waals surface area contributed by atoms with Crippen molar-refractivity contribution in [2.45, 2.75) is 19.4 Å². The summed E-state index contributed by atoms with van der Waals surface area (Å²) in [6.45, 7) is -0.129. The number of hydrazone groups is 1. The van der Waals surface area contributed by atoms with Gasteiger partial charge in [0.25, 0.3) is 0 Å². The van der Waals surface area contributed by atoms with Gasteiger partial charge in [-0.2, -0.15) is 10.4 Å². The number of hydrogen-bond acceptors (Lipinski definition) is 4. The highest BCUT2D eigenvalue weighted by atomic mass is 19.1. The number of aliphatic carboxylic acids is 1. The molecule has 0 bridgehead atoms. The van der Waals surface area contributed by atoms with E-state index in [1.807, 2.05) is 6.07 Å². The number of nitriles is 1. The summed E-state index contributed by atoms with van der Waals surface area (Å²) in [4.78, 5) is 22.6. The van der Waals surface area contributed by atoms with Crippen LogP contribution in [-0.2, 0) is 16.1 Å². The Labute approximate surface area is 113 Å². The molecular formula is C13H10FN3O3. The van der Waals surface area contributed by atoms with Crippen molar-refractivity contribution in [3.05, 3.63) is 35.1 Å². The molecule has 0 aromatic heterocycles. The van der Waals surface area contributed by atoms with Crippen molar-refractivity contribution < 1.29 is 19.1 Å². The third-order valence-electron chi connectivity index (χ3n) is 2.86. The summed E-state index contributed by atoms with van der Waals surface area (Å²) in [5.41, 5.74) is 0.382. The maximum absolute atomic E-state index is 13.2. The Morgan fingerprint density at radius 2 is 2.25 bits per heavy atom. The molecule has 6 nitrogen and oxygen atoms in total. The molecule has 0 saturated heterocycles. The molecule has 20 heavy (non-hydrogen) atoms. The number of benzene rings is 1. The van der Waals surface area contributed by atoms with Crippen LogP contribution in [-0.4, -0.2) is 27.7 Å². The molecule has 0 saturated carbocycles. The predicted molar refractivity (Wildman–Crippen MR) is 66.0 cm³/mol. The van der Waals surface area contributed by atoms with Crippen molar-refractivity contribution in [3.63, 3.8) is 0 Å². The van der Waals surface area contributed by atoms with Gasteiger partial charge in [-0.25, -0.2) is 14.2 Å². The lowest BCUT2D eigenvalue weighted by atomic mass is 10.1. The molecule has 7 heteroatoms. The van der Waals surface area contributed by atoms with Crippen LogP contribution in [0.15, 0.2) is 23.3 Å². The lowest BCUT2D eigenvalue weighted by Crippen LogP contribution is -2.34. The molecule has 1 aliphatic heterocycles. The first-order chi connectivity index (χ1) is 9.51. The molecule has 102 valence electrons. The third-order valence-corrected chi connectivity index (χ3v) is 2.86. The summed E-state index contributed by atoms with van der Waals surface area (Å²) >= 11 is 0. The number of amides is 1. The summed E-state index contributed by atoms with van der Waals surface area (Å²) in [7, 11) is 0. The minimum absolute atomic E-state index is 0.0301. The maximum Gasteiger partial charge on any atom is 0.352 e. The Kier molecular flexibility index (Phi) is 3.75. The number of nitrogens with zero attached hydrogens (tertiary/aromatic N) is 3. The van der Waals surface area contributed by atoms with E-state index in [1.54, 1.807) is 0 Å². The summed E-state index contributed by atoms with van der Waals surface area (Å²) in [6.07, 6.45) is 0.0985. The molecule has 0 radical (unpaired) electrons. The van der Waals surface area contributed by atoms with E-state index in [9.17, 15) is 14.0 Å². The Hall–Kier alpha value is -2.75. The van der Waals surface area contributed by atoms with Gasteiger partial charge >= 0.3 is 5.97 Å². The van der Waals surface area contributed by atoms with E-state index < -0.39 is 11.8 Å². The number of carbonyl (C=O) groups excluding carboxylic acids is 1. The highest BCUT2D eigenvalue weighted by molar-refractivity contribution is 6.36. The zero-order valence-electron chi connectivity index (χ0n) is 10.3. The number of carboxylic acid groups (broad SMARTS) is 1. The minimum atomic E-state index is -1.19. The summed E-state index contributed by atoms with van der Waals surface area (Å²) < 4.78 is 13.2. The average molecular weight is 275 g/mol. The quantitative estimate of drug-likeness (QED) is 0.898. The van der Waals surface area contributed by atoms with E-state index >= 15 is 0 Å². The number of halogens is 1. The molecule has 0 fully saturated rings. The monoisotopic (exact) mass is 275 g/mol. The molecule has 0 atom stereocenters.